The van der Waals surface area contributed by atoms with Gasteiger partial charge in [-0.2, -0.15) is 0 Å². The van der Waals surface area contributed by atoms with Crippen LogP contribution in [0.3, 0.4) is 0 Å². The van der Waals surface area contributed by atoms with Crippen LogP contribution in [0.4, 0.5) is 0 Å². The maximum atomic E-state index is 11.3. The second kappa shape index (κ2) is 5.17. The van der Waals surface area contributed by atoms with Crippen molar-refractivity contribution < 1.29 is 24.1 Å². The first-order chi connectivity index (χ1) is 11.3. The summed E-state index contributed by atoms with van der Waals surface area (Å²) < 4.78 is 23.0. The van der Waals surface area contributed by atoms with Gasteiger partial charge in [-0.1, -0.05) is 20.8 Å². The van der Waals surface area contributed by atoms with E-state index in [0.29, 0.717) is 32.5 Å². The van der Waals surface area contributed by atoms with Crippen LogP contribution in [0.1, 0.15) is 52.9 Å². The van der Waals surface area contributed by atoms with Gasteiger partial charge in [0.2, 0.25) is 0 Å². The third-order valence-electron chi connectivity index (χ3n) is 8.27. The van der Waals surface area contributed by atoms with Gasteiger partial charge in [-0.05, 0) is 37.0 Å². The maximum absolute atomic E-state index is 11.3. The van der Waals surface area contributed by atoms with Gasteiger partial charge in [0.15, 0.2) is 5.79 Å². The summed E-state index contributed by atoms with van der Waals surface area (Å²) in [6.07, 6.45) is 4.96. The van der Waals surface area contributed by atoms with E-state index in [1.54, 1.807) is 7.11 Å². The van der Waals surface area contributed by atoms with Crippen LogP contribution < -0.4 is 0 Å². The highest BCUT2D eigenvalue weighted by atomic mass is 16.7. The molecule has 4 bridgehead atoms. The zero-order chi connectivity index (χ0) is 17.3. The number of methoxy groups -OCH3 is 1. The Morgan fingerprint density at radius 1 is 1.04 bits per heavy atom. The van der Waals surface area contributed by atoms with Crippen molar-refractivity contribution in [3.05, 3.63) is 0 Å². The first-order valence-electron chi connectivity index (χ1n) is 9.34. The molecule has 24 heavy (non-hydrogen) atoms. The monoisotopic (exact) mass is 340 g/mol. The molecule has 0 unspecified atom stereocenters. The zero-order valence-corrected chi connectivity index (χ0v) is 15.5. The van der Waals surface area contributed by atoms with Crippen LogP contribution in [0.2, 0.25) is 0 Å². The zero-order valence-electron chi connectivity index (χ0n) is 15.5. The van der Waals surface area contributed by atoms with Gasteiger partial charge in [-0.15, -0.1) is 0 Å². The lowest BCUT2D eigenvalue weighted by Gasteiger charge is -2.78. The normalized spacial score (nSPS) is 50.6. The summed E-state index contributed by atoms with van der Waals surface area (Å²) in [6, 6.07) is 0. The average Bonchev–Trinajstić information content (AvgIpc) is 2.71. The van der Waals surface area contributed by atoms with Crippen molar-refractivity contribution in [2.45, 2.75) is 64.3 Å². The summed E-state index contributed by atoms with van der Waals surface area (Å²) in [5.41, 5.74) is -0.234. The van der Waals surface area contributed by atoms with Crippen LogP contribution >= 0.6 is 0 Å². The topological polar surface area (TPSA) is 57.2 Å². The van der Waals surface area contributed by atoms with Gasteiger partial charge in [0.25, 0.3) is 0 Å². The second-order valence-corrected chi connectivity index (χ2v) is 9.27. The smallest absolute Gasteiger partial charge is 0.172 e. The molecule has 0 amide bonds. The molecule has 0 radical (unpaired) electrons. The van der Waals surface area contributed by atoms with Gasteiger partial charge >= 0.3 is 0 Å². The SMILES string of the molecule is COCCOCOC[C@@]12CC[C@@]3(O)O[C@@]4(CC[C@@]13C)[C@H]2CC4(C)C. The van der Waals surface area contributed by atoms with Crippen LogP contribution in [0.5, 0.6) is 0 Å². The highest BCUT2D eigenvalue weighted by molar-refractivity contribution is 5.30. The third-order valence-corrected chi connectivity index (χ3v) is 8.27. The van der Waals surface area contributed by atoms with Crippen molar-refractivity contribution in [2.75, 3.05) is 33.7 Å². The van der Waals surface area contributed by atoms with Crippen LogP contribution in [0.15, 0.2) is 0 Å². The van der Waals surface area contributed by atoms with Crippen molar-refractivity contribution in [2.24, 2.45) is 22.2 Å². The molecule has 2 aliphatic heterocycles. The van der Waals surface area contributed by atoms with E-state index in [9.17, 15) is 5.11 Å². The highest BCUT2D eigenvalue weighted by Gasteiger charge is 2.85. The van der Waals surface area contributed by atoms with Crippen molar-refractivity contribution in [3.63, 3.8) is 0 Å². The number of aliphatic hydroxyl groups is 1. The van der Waals surface area contributed by atoms with E-state index in [1.165, 1.54) is 0 Å². The summed E-state index contributed by atoms with van der Waals surface area (Å²) >= 11 is 0. The first-order valence-corrected chi connectivity index (χ1v) is 9.34. The third kappa shape index (κ3) is 1.78. The lowest BCUT2D eigenvalue weighted by atomic mass is 9.34. The average molecular weight is 340 g/mol. The van der Waals surface area contributed by atoms with Crippen molar-refractivity contribution in [1.82, 2.24) is 0 Å². The molecule has 2 heterocycles. The van der Waals surface area contributed by atoms with E-state index in [4.69, 9.17) is 18.9 Å². The fourth-order valence-electron chi connectivity index (χ4n) is 6.66. The number of hydrogen-bond donors (Lipinski definition) is 1. The predicted octanol–water partition coefficient (Wildman–Crippen LogP) is 2.71. The minimum Gasteiger partial charge on any atom is -0.382 e. The van der Waals surface area contributed by atoms with Crippen molar-refractivity contribution in [3.8, 4) is 0 Å². The molecule has 1 spiro atoms. The molecule has 1 N–H and O–H groups in total. The Kier molecular flexibility index (Phi) is 3.71. The van der Waals surface area contributed by atoms with Crippen LogP contribution in [-0.4, -0.2) is 50.2 Å². The summed E-state index contributed by atoms with van der Waals surface area (Å²) in [5, 5.41) is 11.3. The maximum Gasteiger partial charge on any atom is 0.172 e. The molecule has 0 aromatic heterocycles. The summed E-state index contributed by atoms with van der Waals surface area (Å²) in [6.45, 7) is 8.90. The minimum atomic E-state index is -0.986. The molecule has 5 atom stereocenters. The van der Waals surface area contributed by atoms with E-state index in [2.05, 4.69) is 20.8 Å². The lowest BCUT2D eigenvalue weighted by molar-refractivity contribution is -0.463. The standard InChI is InChI=1S/C19H32O5/c1-15(2)11-14-17(12-23-13-22-10-9-21-4)6-8-19(20)16(17,3)5-7-18(14,15)24-19/h14,20H,5-13H2,1-4H3/t14-,16-,17+,18-,19+/m0/s1. The van der Waals surface area contributed by atoms with Gasteiger partial charge in [0, 0.05) is 24.4 Å². The molecule has 5 nitrogen and oxygen atoms in total. The Morgan fingerprint density at radius 3 is 2.54 bits per heavy atom. The number of rotatable bonds is 7. The molecule has 0 aromatic carbocycles. The lowest BCUT2D eigenvalue weighted by Crippen LogP contribution is -2.81. The van der Waals surface area contributed by atoms with Gasteiger partial charge < -0.3 is 24.1 Å². The quantitative estimate of drug-likeness (QED) is 0.570. The number of ether oxygens (including phenoxy) is 4. The van der Waals surface area contributed by atoms with Gasteiger partial charge in [0.05, 0.1) is 25.4 Å². The molecule has 5 rings (SSSR count). The molecule has 5 fully saturated rings. The van der Waals surface area contributed by atoms with Gasteiger partial charge in [0.1, 0.15) is 6.79 Å². The molecule has 3 saturated carbocycles. The number of fused-ring (bicyclic) bond motifs is 1. The molecule has 3 aliphatic carbocycles. The molecular weight excluding hydrogens is 308 g/mol. The van der Waals surface area contributed by atoms with Crippen LogP contribution in [0.25, 0.3) is 0 Å². The molecule has 138 valence electrons. The summed E-state index contributed by atoms with van der Waals surface area (Å²) in [4.78, 5) is 0. The summed E-state index contributed by atoms with van der Waals surface area (Å²) in [7, 11) is 1.67. The Bertz CT molecular complexity index is 522. The molecule has 5 heteroatoms. The highest BCUT2D eigenvalue weighted by Crippen LogP contribution is 2.82. The molecule has 0 aromatic rings. The summed E-state index contributed by atoms with van der Waals surface area (Å²) in [5.74, 6) is -0.500. The van der Waals surface area contributed by atoms with E-state index >= 15 is 0 Å². The Morgan fingerprint density at radius 2 is 1.83 bits per heavy atom. The van der Waals surface area contributed by atoms with Crippen molar-refractivity contribution in [1.29, 1.82) is 0 Å². The molecule has 2 saturated heterocycles. The van der Waals surface area contributed by atoms with E-state index < -0.39 is 5.79 Å². The molecular formula is C19H32O5. The Labute approximate surface area is 145 Å². The van der Waals surface area contributed by atoms with Gasteiger partial charge in [-0.3, -0.25) is 0 Å². The largest absolute Gasteiger partial charge is 0.382 e. The van der Waals surface area contributed by atoms with Crippen LogP contribution in [0, 0.1) is 22.2 Å². The fourth-order valence-corrected chi connectivity index (χ4v) is 6.66. The Balaban J connectivity index is 1.54. The fraction of sp³-hybridized carbons (Fsp3) is 1.00. The predicted molar refractivity (Wildman–Crippen MR) is 88.3 cm³/mol. The van der Waals surface area contributed by atoms with E-state index in [1.807, 2.05) is 0 Å². The second-order valence-electron chi connectivity index (χ2n) is 9.27. The van der Waals surface area contributed by atoms with Gasteiger partial charge in [-0.25, -0.2) is 0 Å². The minimum absolute atomic E-state index is 0.0123. The van der Waals surface area contributed by atoms with E-state index in [-0.39, 0.29) is 21.8 Å². The van der Waals surface area contributed by atoms with E-state index in [0.717, 1.165) is 32.1 Å². The van der Waals surface area contributed by atoms with Crippen molar-refractivity contribution >= 4 is 0 Å². The Hall–Kier alpha value is -0.200. The molecule has 5 aliphatic rings. The van der Waals surface area contributed by atoms with Crippen LogP contribution in [-0.2, 0) is 18.9 Å². The first kappa shape index (κ1) is 17.2. The number of hydrogen-bond acceptors (Lipinski definition) is 5.